The van der Waals surface area contributed by atoms with Gasteiger partial charge in [0.2, 0.25) is 0 Å². The van der Waals surface area contributed by atoms with E-state index in [0.29, 0.717) is 20.5 Å². The minimum atomic E-state index is -4.73. The van der Waals surface area contributed by atoms with Gasteiger partial charge in [-0.25, -0.2) is 14.5 Å². The van der Waals surface area contributed by atoms with Gasteiger partial charge in [-0.05, 0) is 60.7 Å². The van der Waals surface area contributed by atoms with Crippen LogP contribution in [0.3, 0.4) is 0 Å². The number of nitrogens with zero attached hydrogens (tertiary/aromatic N) is 1. The van der Waals surface area contributed by atoms with Crippen molar-refractivity contribution in [3.8, 4) is 5.75 Å². The van der Waals surface area contributed by atoms with Crippen LogP contribution in [0.5, 0.6) is 5.75 Å². The number of hydrogen-bond donors (Lipinski definition) is 1. The number of benzene rings is 3. The average molecular weight is 628 g/mol. The van der Waals surface area contributed by atoms with E-state index in [9.17, 15) is 32.3 Å². The number of imide groups is 2. The summed E-state index contributed by atoms with van der Waals surface area (Å²) in [5, 5.41) is 2.25. The second-order valence-electron chi connectivity index (χ2n) is 7.70. The molecule has 3 aromatic rings. The zero-order valence-corrected chi connectivity index (χ0v) is 21.7. The number of urea groups is 1. The van der Waals surface area contributed by atoms with Gasteiger partial charge < -0.3 is 4.74 Å². The molecule has 194 valence electrons. The van der Waals surface area contributed by atoms with E-state index in [-0.39, 0.29) is 21.9 Å². The molecule has 0 aromatic heterocycles. The second kappa shape index (κ2) is 10.6. The Labute approximate surface area is 230 Å². The lowest BCUT2D eigenvalue weighted by molar-refractivity contribution is -0.137. The van der Waals surface area contributed by atoms with Gasteiger partial charge >= 0.3 is 18.2 Å². The number of esters is 1. The Morgan fingerprint density at radius 1 is 1.00 bits per heavy atom. The number of amides is 4. The monoisotopic (exact) mass is 626 g/mol. The van der Waals surface area contributed by atoms with Crippen LogP contribution >= 0.6 is 39.1 Å². The number of carbonyl (C=O) groups excluding carboxylic acids is 4. The summed E-state index contributed by atoms with van der Waals surface area (Å²) in [6.07, 6.45) is -3.69. The van der Waals surface area contributed by atoms with E-state index in [1.165, 1.54) is 36.4 Å². The maximum absolute atomic E-state index is 13.2. The van der Waals surface area contributed by atoms with E-state index >= 15 is 0 Å². The van der Waals surface area contributed by atoms with E-state index in [1.54, 1.807) is 0 Å². The average Bonchev–Trinajstić information content (AvgIpc) is 2.82. The molecule has 0 spiro atoms. The van der Waals surface area contributed by atoms with Crippen molar-refractivity contribution in [2.75, 3.05) is 4.90 Å². The van der Waals surface area contributed by atoms with Crippen LogP contribution in [-0.2, 0) is 15.8 Å². The van der Waals surface area contributed by atoms with Crippen molar-refractivity contribution in [1.29, 1.82) is 0 Å². The number of barbiturate groups is 1. The molecule has 4 rings (SSSR count). The minimum Gasteiger partial charge on any atom is -0.422 e. The Morgan fingerprint density at radius 3 is 2.42 bits per heavy atom. The largest absolute Gasteiger partial charge is 0.422 e. The molecular formula is C25H12BrCl2F3N2O5. The number of rotatable bonds is 4. The molecule has 0 bridgehead atoms. The van der Waals surface area contributed by atoms with Crippen LogP contribution in [0.1, 0.15) is 21.5 Å². The van der Waals surface area contributed by atoms with Crippen molar-refractivity contribution in [3.05, 3.63) is 97.4 Å². The highest BCUT2D eigenvalue weighted by Gasteiger charge is 2.38. The van der Waals surface area contributed by atoms with Crippen molar-refractivity contribution in [2.24, 2.45) is 0 Å². The van der Waals surface area contributed by atoms with Crippen molar-refractivity contribution in [2.45, 2.75) is 6.18 Å². The Balaban J connectivity index is 1.72. The third kappa shape index (κ3) is 5.74. The first-order chi connectivity index (χ1) is 17.8. The molecule has 0 saturated carbocycles. The summed E-state index contributed by atoms with van der Waals surface area (Å²) in [6.45, 7) is 0. The van der Waals surface area contributed by atoms with Crippen LogP contribution in [-0.4, -0.2) is 23.8 Å². The van der Waals surface area contributed by atoms with Gasteiger partial charge in [0.25, 0.3) is 11.8 Å². The van der Waals surface area contributed by atoms with Gasteiger partial charge in [0.15, 0.2) is 0 Å². The highest BCUT2D eigenvalue weighted by Crippen LogP contribution is 2.33. The summed E-state index contributed by atoms with van der Waals surface area (Å²) < 4.78 is 45.4. The van der Waals surface area contributed by atoms with E-state index in [0.717, 1.165) is 24.3 Å². The molecule has 1 saturated heterocycles. The Morgan fingerprint density at radius 2 is 1.74 bits per heavy atom. The van der Waals surface area contributed by atoms with Crippen LogP contribution in [0.4, 0.5) is 23.7 Å². The number of alkyl halides is 3. The van der Waals surface area contributed by atoms with Gasteiger partial charge in [0.05, 0.1) is 21.8 Å². The van der Waals surface area contributed by atoms with Crippen molar-refractivity contribution >= 4 is 74.7 Å². The van der Waals surface area contributed by atoms with Crippen LogP contribution in [0.15, 0.2) is 70.7 Å². The first-order valence-corrected chi connectivity index (χ1v) is 12.0. The normalized spacial score (nSPS) is 15.1. The summed E-state index contributed by atoms with van der Waals surface area (Å²) in [5.74, 6) is -3.23. The van der Waals surface area contributed by atoms with Gasteiger partial charge in [0.1, 0.15) is 11.3 Å². The van der Waals surface area contributed by atoms with Crippen molar-refractivity contribution < 1.29 is 37.1 Å². The van der Waals surface area contributed by atoms with Crippen LogP contribution in [0.25, 0.3) is 6.08 Å². The SMILES string of the molecule is O=C1NC(=O)N(c2cccc(C(F)(F)F)c2)C(=O)/C1=C\c1cc(Br)ccc1OC(=O)c1ccc(Cl)cc1Cl. The predicted molar refractivity (Wildman–Crippen MR) is 136 cm³/mol. The summed E-state index contributed by atoms with van der Waals surface area (Å²) in [4.78, 5) is 51.3. The number of anilines is 1. The lowest BCUT2D eigenvalue weighted by atomic mass is 10.1. The maximum Gasteiger partial charge on any atom is 0.416 e. The molecule has 7 nitrogen and oxygen atoms in total. The fourth-order valence-electron chi connectivity index (χ4n) is 3.40. The molecule has 1 aliphatic rings. The summed E-state index contributed by atoms with van der Waals surface area (Å²) >= 11 is 15.2. The van der Waals surface area contributed by atoms with Gasteiger partial charge in [-0.1, -0.05) is 45.2 Å². The van der Waals surface area contributed by atoms with Crippen molar-refractivity contribution in [1.82, 2.24) is 5.32 Å². The van der Waals surface area contributed by atoms with Crippen LogP contribution < -0.4 is 15.0 Å². The second-order valence-corrected chi connectivity index (χ2v) is 9.46. The molecule has 3 aromatic carbocycles. The first-order valence-electron chi connectivity index (χ1n) is 10.4. The quantitative estimate of drug-likeness (QED) is 0.151. The maximum atomic E-state index is 13.2. The number of hydrogen-bond acceptors (Lipinski definition) is 5. The van der Waals surface area contributed by atoms with E-state index in [2.05, 4.69) is 15.9 Å². The Hall–Kier alpha value is -3.67. The zero-order valence-electron chi connectivity index (χ0n) is 18.6. The van der Waals surface area contributed by atoms with Gasteiger partial charge in [-0.2, -0.15) is 13.2 Å². The van der Waals surface area contributed by atoms with Crippen LogP contribution in [0.2, 0.25) is 10.0 Å². The fourth-order valence-corrected chi connectivity index (χ4v) is 4.27. The molecule has 0 radical (unpaired) electrons. The zero-order chi connectivity index (χ0) is 27.8. The molecular weight excluding hydrogens is 616 g/mol. The fraction of sp³-hybridized carbons (Fsp3) is 0.0400. The van der Waals surface area contributed by atoms with E-state index < -0.39 is 46.8 Å². The lowest BCUT2D eigenvalue weighted by Gasteiger charge is -2.27. The third-order valence-electron chi connectivity index (χ3n) is 5.16. The number of halogens is 6. The molecule has 0 unspecified atom stereocenters. The lowest BCUT2D eigenvalue weighted by Crippen LogP contribution is -2.54. The molecule has 0 aliphatic carbocycles. The molecule has 1 aliphatic heterocycles. The standard InChI is InChI=1S/C25H12BrCl2F3N2O5/c26-14-4-7-20(38-23(36)17-6-5-15(27)11-19(17)28)12(8-14)9-18-21(34)32-24(37)33(22(18)35)16-3-1-2-13(10-16)25(29,30)31/h1-11H,(H,32,34,37)/b18-9-. The van der Waals surface area contributed by atoms with Crippen molar-refractivity contribution in [3.63, 3.8) is 0 Å². The Bertz CT molecular complexity index is 1540. The smallest absolute Gasteiger partial charge is 0.416 e. The number of carbonyl (C=O) groups is 4. The number of nitrogens with one attached hydrogen (secondary N) is 1. The summed E-state index contributed by atoms with van der Waals surface area (Å²) in [6, 6.07) is 10.7. The van der Waals surface area contributed by atoms with Gasteiger partial charge in [0, 0.05) is 15.1 Å². The topological polar surface area (TPSA) is 92.8 Å². The van der Waals surface area contributed by atoms with Gasteiger partial charge in [-0.3, -0.25) is 14.9 Å². The summed E-state index contributed by atoms with van der Waals surface area (Å²) in [5.41, 5.74) is -2.04. The Kier molecular flexibility index (Phi) is 7.63. The molecule has 1 N–H and O–H groups in total. The van der Waals surface area contributed by atoms with E-state index in [4.69, 9.17) is 27.9 Å². The molecule has 4 amide bonds. The summed E-state index contributed by atoms with van der Waals surface area (Å²) in [7, 11) is 0. The highest BCUT2D eigenvalue weighted by molar-refractivity contribution is 9.10. The molecule has 0 atom stereocenters. The van der Waals surface area contributed by atoms with Crippen LogP contribution in [0, 0.1) is 0 Å². The molecule has 1 heterocycles. The third-order valence-corrected chi connectivity index (χ3v) is 6.20. The predicted octanol–water partition coefficient (Wildman–Crippen LogP) is 6.66. The van der Waals surface area contributed by atoms with E-state index in [1.807, 2.05) is 5.32 Å². The molecule has 13 heteroatoms. The number of ether oxygens (including phenoxy) is 1. The van der Waals surface area contributed by atoms with Gasteiger partial charge in [-0.15, -0.1) is 0 Å². The first kappa shape index (κ1) is 27.4. The minimum absolute atomic E-state index is 0.00890. The molecule has 38 heavy (non-hydrogen) atoms. The molecule has 1 fully saturated rings. The highest BCUT2D eigenvalue weighted by atomic mass is 79.9.